The lowest BCUT2D eigenvalue weighted by molar-refractivity contribution is 0.139. The Labute approximate surface area is 91.4 Å². The number of terminal acetylenes is 1. The molecule has 0 aromatic carbocycles. The third kappa shape index (κ3) is 2.00. The van der Waals surface area contributed by atoms with Crippen LogP contribution in [0.5, 0.6) is 0 Å². The van der Waals surface area contributed by atoms with Gasteiger partial charge in [-0.15, -0.1) is 6.42 Å². The van der Waals surface area contributed by atoms with Crippen molar-refractivity contribution in [2.75, 3.05) is 19.6 Å². The van der Waals surface area contributed by atoms with Crippen LogP contribution in [0, 0.1) is 23.7 Å². The van der Waals surface area contributed by atoms with E-state index < -0.39 is 0 Å². The van der Waals surface area contributed by atoms with Crippen LogP contribution in [0.15, 0.2) is 0 Å². The molecule has 2 atom stereocenters. The Morgan fingerprint density at radius 1 is 1.53 bits per heavy atom. The number of nitriles is 1. The van der Waals surface area contributed by atoms with E-state index in [1.54, 1.807) is 0 Å². The highest BCUT2D eigenvalue weighted by molar-refractivity contribution is 5.14. The van der Waals surface area contributed by atoms with Gasteiger partial charge in [-0.2, -0.15) is 5.26 Å². The summed E-state index contributed by atoms with van der Waals surface area (Å²) in [4.78, 5) is 2.51. The molecule has 0 saturated carbocycles. The topological polar surface area (TPSA) is 39.1 Å². The Bertz CT molecular complexity index is 312. The van der Waals surface area contributed by atoms with Crippen LogP contribution in [-0.4, -0.2) is 36.1 Å². The third-order valence-corrected chi connectivity index (χ3v) is 3.65. The Kier molecular flexibility index (Phi) is 2.95. The van der Waals surface area contributed by atoms with Crippen LogP contribution in [-0.2, 0) is 0 Å². The molecule has 3 nitrogen and oxygen atoms in total. The molecule has 0 aliphatic carbocycles. The van der Waals surface area contributed by atoms with Gasteiger partial charge in [0.25, 0.3) is 0 Å². The Hall–Kier alpha value is -1.03. The third-order valence-electron chi connectivity index (χ3n) is 3.65. The van der Waals surface area contributed by atoms with Crippen molar-refractivity contribution in [2.45, 2.75) is 37.3 Å². The first-order valence-electron chi connectivity index (χ1n) is 5.63. The molecule has 2 aliphatic heterocycles. The number of nitrogens with zero attached hydrogens (tertiary/aromatic N) is 2. The van der Waals surface area contributed by atoms with Crippen LogP contribution in [0.1, 0.15) is 25.7 Å². The number of nitrogens with one attached hydrogen (secondary N) is 1. The zero-order valence-electron chi connectivity index (χ0n) is 9.00. The van der Waals surface area contributed by atoms with Gasteiger partial charge in [0, 0.05) is 12.6 Å². The molecule has 0 amide bonds. The van der Waals surface area contributed by atoms with Gasteiger partial charge in [-0.25, -0.2) is 0 Å². The summed E-state index contributed by atoms with van der Waals surface area (Å²) in [5.41, 5.74) is -0.363. The minimum Gasteiger partial charge on any atom is -0.300 e. The summed E-state index contributed by atoms with van der Waals surface area (Å²) in [5, 5.41) is 12.5. The molecular formula is C12H17N3. The lowest BCUT2D eigenvalue weighted by atomic mass is 9.84. The molecule has 2 rings (SSSR count). The van der Waals surface area contributed by atoms with E-state index in [1.165, 1.54) is 19.4 Å². The summed E-state index contributed by atoms with van der Waals surface area (Å²) in [5.74, 6) is 2.56. The molecule has 0 radical (unpaired) electrons. The second-order valence-corrected chi connectivity index (χ2v) is 4.54. The standard InChI is InChI=1S/C12H17N3/c1-2-6-14-12(10-13)5-8-15-7-3-4-11(15)9-12/h1,11,14H,3-9H2. The number of hydrogen-bond donors (Lipinski definition) is 1. The van der Waals surface area contributed by atoms with Gasteiger partial charge in [0.15, 0.2) is 0 Å². The Morgan fingerprint density at radius 3 is 3.13 bits per heavy atom. The Balaban J connectivity index is 2.02. The largest absolute Gasteiger partial charge is 0.300 e. The van der Waals surface area contributed by atoms with E-state index in [0.717, 1.165) is 19.4 Å². The number of fused-ring (bicyclic) bond motifs is 1. The predicted molar refractivity (Wildman–Crippen MR) is 59.0 cm³/mol. The van der Waals surface area contributed by atoms with Crippen molar-refractivity contribution < 1.29 is 0 Å². The van der Waals surface area contributed by atoms with Crippen molar-refractivity contribution in [3.63, 3.8) is 0 Å². The smallest absolute Gasteiger partial charge is 0.110 e. The predicted octanol–water partition coefficient (Wildman–Crippen LogP) is 0.730. The van der Waals surface area contributed by atoms with E-state index in [4.69, 9.17) is 6.42 Å². The molecule has 80 valence electrons. The maximum Gasteiger partial charge on any atom is 0.110 e. The molecule has 1 N–H and O–H groups in total. The van der Waals surface area contributed by atoms with E-state index in [9.17, 15) is 5.26 Å². The second-order valence-electron chi connectivity index (χ2n) is 4.54. The first-order valence-corrected chi connectivity index (χ1v) is 5.63. The highest BCUT2D eigenvalue weighted by Gasteiger charge is 2.41. The molecule has 15 heavy (non-hydrogen) atoms. The van der Waals surface area contributed by atoms with Crippen LogP contribution in [0.2, 0.25) is 0 Å². The molecule has 0 bridgehead atoms. The fourth-order valence-electron chi connectivity index (χ4n) is 2.78. The second kappa shape index (κ2) is 4.23. The maximum atomic E-state index is 9.29. The monoisotopic (exact) mass is 203 g/mol. The fraction of sp³-hybridized carbons (Fsp3) is 0.750. The van der Waals surface area contributed by atoms with Gasteiger partial charge in [0.2, 0.25) is 0 Å². The summed E-state index contributed by atoms with van der Waals surface area (Å²) >= 11 is 0. The van der Waals surface area contributed by atoms with E-state index in [1.807, 2.05) is 0 Å². The first kappa shape index (κ1) is 10.5. The maximum absolute atomic E-state index is 9.29. The normalized spacial score (nSPS) is 35.5. The summed E-state index contributed by atoms with van der Waals surface area (Å²) in [6, 6.07) is 3.03. The molecule has 2 fully saturated rings. The average Bonchev–Trinajstić information content (AvgIpc) is 2.73. The molecule has 0 aromatic heterocycles. The number of rotatable bonds is 2. The Morgan fingerprint density at radius 2 is 2.40 bits per heavy atom. The fourth-order valence-corrected chi connectivity index (χ4v) is 2.78. The summed E-state index contributed by atoms with van der Waals surface area (Å²) < 4.78 is 0. The molecule has 2 aliphatic rings. The van der Waals surface area contributed by atoms with Gasteiger partial charge in [-0.05, 0) is 32.2 Å². The van der Waals surface area contributed by atoms with E-state index in [0.29, 0.717) is 12.6 Å². The number of hydrogen-bond acceptors (Lipinski definition) is 3. The highest BCUT2D eigenvalue weighted by Crippen LogP contribution is 2.32. The van der Waals surface area contributed by atoms with Crippen molar-refractivity contribution in [3.05, 3.63) is 0 Å². The van der Waals surface area contributed by atoms with Crippen LogP contribution < -0.4 is 5.32 Å². The molecule has 2 unspecified atom stereocenters. The molecule has 3 heteroatoms. The zero-order chi connectivity index (χ0) is 10.7. The lowest BCUT2D eigenvalue weighted by Gasteiger charge is -2.40. The summed E-state index contributed by atoms with van der Waals surface area (Å²) in [7, 11) is 0. The van der Waals surface area contributed by atoms with Crippen molar-refractivity contribution in [1.82, 2.24) is 10.2 Å². The zero-order valence-corrected chi connectivity index (χ0v) is 9.00. The molecule has 0 spiro atoms. The minimum atomic E-state index is -0.363. The van der Waals surface area contributed by atoms with Gasteiger partial charge < -0.3 is 4.90 Å². The van der Waals surface area contributed by atoms with Crippen molar-refractivity contribution in [3.8, 4) is 18.4 Å². The van der Waals surface area contributed by atoms with Gasteiger partial charge >= 0.3 is 0 Å². The highest BCUT2D eigenvalue weighted by atomic mass is 15.2. The van der Waals surface area contributed by atoms with Gasteiger partial charge in [-0.1, -0.05) is 5.92 Å². The number of piperidine rings is 1. The molecule has 2 heterocycles. The van der Waals surface area contributed by atoms with Crippen LogP contribution in [0.4, 0.5) is 0 Å². The van der Waals surface area contributed by atoms with Crippen molar-refractivity contribution in [1.29, 1.82) is 5.26 Å². The van der Waals surface area contributed by atoms with E-state index in [2.05, 4.69) is 22.2 Å². The summed E-state index contributed by atoms with van der Waals surface area (Å²) in [6.45, 7) is 2.75. The average molecular weight is 203 g/mol. The van der Waals surface area contributed by atoms with Gasteiger partial charge in [0.05, 0.1) is 12.6 Å². The first-order chi connectivity index (χ1) is 7.29. The van der Waals surface area contributed by atoms with E-state index in [-0.39, 0.29) is 5.54 Å². The lowest BCUT2D eigenvalue weighted by Crippen LogP contribution is -2.54. The van der Waals surface area contributed by atoms with Crippen LogP contribution in [0.25, 0.3) is 0 Å². The quantitative estimate of drug-likeness (QED) is 0.672. The van der Waals surface area contributed by atoms with Crippen LogP contribution >= 0.6 is 0 Å². The molecule has 2 saturated heterocycles. The van der Waals surface area contributed by atoms with Crippen molar-refractivity contribution in [2.24, 2.45) is 0 Å². The van der Waals surface area contributed by atoms with Gasteiger partial charge in [-0.3, -0.25) is 5.32 Å². The minimum absolute atomic E-state index is 0.363. The SMILES string of the molecule is C#CCNC1(C#N)CCN2CCCC2C1. The van der Waals surface area contributed by atoms with E-state index >= 15 is 0 Å². The molecular weight excluding hydrogens is 186 g/mol. The van der Waals surface area contributed by atoms with Crippen LogP contribution in [0.3, 0.4) is 0 Å². The summed E-state index contributed by atoms with van der Waals surface area (Å²) in [6.07, 6.45) is 9.59. The molecule has 0 aromatic rings. The van der Waals surface area contributed by atoms with Crippen molar-refractivity contribution >= 4 is 0 Å². The van der Waals surface area contributed by atoms with Gasteiger partial charge in [0.1, 0.15) is 5.54 Å².